The molecule has 0 aromatic carbocycles. The van der Waals surface area contributed by atoms with Gasteiger partial charge in [-0.2, -0.15) is 0 Å². The second-order valence-corrected chi connectivity index (χ2v) is 2.91. The normalized spacial score (nSPS) is 11.2. The summed E-state index contributed by atoms with van der Waals surface area (Å²) in [5.74, 6) is 1.93. The molecule has 0 aliphatic rings. The van der Waals surface area contributed by atoms with Gasteiger partial charge in [0, 0.05) is 0 Å². The van der Waals surface area contributed by atoms with Gasteiger partial charge in [-0.25, -0.2) is 0 Å². The Balaban J connectivity index is 3.06. The van der Waals surface area contributed by atoms with Gasteiger partial charge in [0.05, 0.1) is 0 Å². The third kappa shape index (κ3) is 2.05. The Morgan fingerprint density at radius 3 is 3.00 bits per heavy atom. The summed E-state index contributed by atoms with van der Waals surface area (Å²) in [7, 11) is 0. The first kappa shape index (κ1) is 8.26. The summed E-state index contributed by atoms with van der Waals surface area (Å²) in [5.41, 5.74) is 6.04. The molecule has 1 rings (SSSR count). The monoisotopic (exact) mass is 212 g/mol. The molecule has 0 aliphatic carbocycles. The molecule has 1 aromatic rings. The Labute approximate surface area is 73.2 Å². The zero-order valence-corrected chi connectivity index (χ0v) is 7.25. The number of hydrogen-bond acceptors (Lipinski definition) is 2. The zero-order valence-electron chi connectivity index (χ0n) is 5.66. The SMILES string of the molecule is N/C(=N\O)c1bccc(Br)c1. The molecule has 0 bridgehead atoms. The fourth-order valence-corrected chi connectivity index (χ4v) is 1.10. The van der Waals surface area contributed by atoms with Crippen LogP contribution in [0.5, 0.6) is 0 Å². The predicted octanol–water partition coefficient (Wildman–Crippen LogP) is 0.882. The quantitative estimate of drug-likeness (QED) is 0.314. The van der Waals surface area contributed by atoms with Crippen molar-refractivity contribution in [1.82, 2.24) is 0 Å². The van der Waals surface area contributed by atoms with E-state index in [1.54, 1.807) is 13.0 Å². The van der Waals surface area contributed by atoms with Crippen LogP contribution in [0.2, 0.25) is 0 Å². The molecule has 0 amide bonds. The summed E-state index contributed by atoms with van der Waals surface area (Å²) < 4.78 is 0.904. The molecule has 0 aliphatic heterocycles. The van der Waals surface area contributed by atoms with E-state index in [-0.39, 0.29) is 5.84 Å². The van der Waals surface area contributed by atoms with E-state index in [1.807, 2.05) is 12.0 Å². The van der Waals surface area contributed by atoms with E-state index in [1.165, 1.54) is 0 Å². The third-order valence-electron chi connectivity index (χ3n) is 1.23. The molecule has 1 heterocycles. The first-order chi connectivity index (χ1) is 5.24. The van der Waals surface area contributed by atoms with Crippen LogP contribution in [0.4, 0.5) is 0 Å². The second kappa shape index (κ2) is 3.53. The van der Waals surface area contributed by atoms with Crippen LogP contribution in [-0.2, 0) is 0 Å². The average Bonchev–Trinajstić information content (AvgIpc) is 2.03. The van der Waals surface area contributed by atoms with Crippen molar-refractivity contribution in [2.75, 3.05) is 0 Å². The summed E-state index contributed by atoms with van der Waals surface area (Å²) >= 11 is 3.27. The zero-order chi connectivity index (χ0) is 8.27. The van der Waals surface area contributed by atoms with E-state index in [2.05, 4.69) is 21.1 Å². The summed E-state index contributed by atoms with van der Waals surface area (Å²) in [4.78, 5) is 0. The van der Waals surface area contributed by atoms with Crippen LogP contribution in [0.25, 0.3) is 0 Å². The Morgan fingerprint density at radius 2 is 2.45 bits per heavy atom. The van der Waals surface area contributed by atoms with E-state index in [4.69, 9.17) is 10.9 Å². The van der Waals surface area contributed by atoms with Crippen LogP contribution in [-0.4, -0.2) is 18.0 Å². The van der Waals surface area contributed by atoms with Crippen molar-refractivity contribution in [3.63, 3.8) is 0 Å². The van der Waals surface area contributed by atoms with Crippen LogP contribution < -0.4 is 5.73 Å². The van der Waals surface area contributed by atoms with Crippen molar-refractivity contribution in [3.05, 3.63) is 28.0 Å². The first-order valence-electron chi connectivity index (χ1n) is 2.97. The number of rotatable bonds is 1. The number of amidine groups is 1. The van der Waals surface area contributed by atoms with E-state index in [0.717, 1.165) is 4.47 Å². The number of hydrogen-bond donors (Lipinski definition) is 2. The van der Waals surface area contributed by atoms with Crippen LogP contribution in [0, 0.1) is 0 Å². The van der Waals surface area contributed by atoms with Crippen molar-refractivity contribution in [3.8, 4) is 0 Å². The molecular weight excluding hydrogens is 207 g/mol. The fourth-order valence-electron chi connectivity index (χ4n) is 0.706. The molecule has 0 saturated heterocycles. The van der Waals surface area contributed by atoms with Crippen LogP contribution >= 0.6 is 15.9 Å². The average molecular weight is 213 g/mol. The van der Waals surface area contributed by atoms with Crippen molar-refractivity contribution >= 4 is 28.7 Å². The molecular formula is C6H6BBrN2O. The van der Waals surface area contributed by atoms with Gasteiger partial charge in [-0.15, -0.1) is 0 Å². The van der Waals surface area contributed by atoms with Gasteiger partial charge in [-0.05, 0) is 0 Å². The van der Waals surface area contributed by atoms with Gasteiger partial charge in [0.25, 0.3) is 0 Å². The first-order valence-corrected chi connectivity index (χ1v) is 3.77. The Kier molecular flexibility index (Phi) is 2.65. The molecule has 56 valence electrons. The third-order valence-corrected chi connectivity index (χ3v) is 1.72. The summed E-state index contributed by atoms with van der Waals surface area (Å²) in [6.07, 6.45) is 0. The van der Waals surface area contributed by atoms with Gasteiger partial charge in [0.1, 0.15) is 0 Å². The van der Waals surface area contributed by atoms with Crippen LogP contribution in [0.1, 0.15) is 5.46 Å². The van der Waals surface area contributed by atoms with E-state index in [0.29, 0.717) is 5.46 Å². The maximum atomic E-state index is 8.33. The van der Waals surface area contributed by atoms with Crippen molar-refractivity contribution < 1.29 is 5.21 Å². The van der Waals surface area contributed by atoms with E-state index >= 15 is 0 Å². The molecule has 0 unspecified atom stereocenters. The molecule has 11 heavy (non-hydrogen) atoms. The van der Waals surface area contributed by atoms with Crippen molar-refractivity contribution in [2.45, 2.75) is 0 Å². The Bertz CT molecular complexity index is 290. The molecule has 3 N–H and O–H groups in total. The number of oxime groups is 1. The molecule has 3 nitrogen and oxygen atoms in total. The topological polar surface area (TPSA) is 58.6 Å². The summed E-state index contributed by atoms with van der Waals surface area (Å²) in [5, 5.41) is 11.2. The van der Waals surface area contributed by atoms with Crippen LogP contribution in [0.3, 0.4) is 0 Å². The number of halogens is 1. The molecule has 0 fully saturated rings. The predicted molar refractivity (Wildman–Crippen MR) is 48.0 cm³/mol. The molecule has 1 aromatic heterocycles. The van der Waals surface area contributed by atoms with Gasteiger partial charge >= 0.3 is 72.8 Å². The van der Waals surface area contributed by atoms with Gasteiger partial charge in [0.2, 0.25) is 0 Å². The maximum absolute atomic E-state index is 8.33. The van der Waals surface area contributed by atoms with Crippen molar-refractivity contribution in [2.24, 2.45) is 10.9 Å². The Hall–Kier alpha value is -0.835. The van der Waals surface area contributed by atoms with E-state index in [9.17, 15) is 0 Å². The minimum atomic E-state index is 0.117. The van der Waals surface area contributed by atoms with Gasteiger partial charge in [0.15, 0.2) is 0 Å². The van der Waals surface area contributed by atoms with E-state index < -0.39 is 0 Å². The molecule has 0 spiro atoms. The molecule has 0 atom stereocenters. The summed E-state index contributed by atoms with van der Waals surface area (Å²) in [6, 6.07) is 3.64. The number of nitrogens with zero attached hydrogens (tertiary/aromatic N) is 1. The standard InChI is InChI=1S/C6H6BBrN2O/c8-4-1-2-7-5(3-4)6(9)10-11/h1-3,11H,(H2,9,10). The number of nitrogens with two attached hydrogens (primary N) is 1. The Morgan fingerprint density at radius 1 is 1.73 bits per heavy atom. The van der Waals surface area contributed by atoms with Gasteiger partial charge in [-0.1, -0.05) is 0 Å². The van der Waals surface area contributed by atoms with Gasteiger partial charge < -0.3 is 0 Å². The molecule has 0 saturated carbocycles. The summed E-state index contributed by atoms with van der Waals surface area (Å²) in [6.45, 7) is 1.76. The second-order valence-electron chi connectivity index (χ2n) is 2.00. The fraction of sp³-hybridized carbons (Fsp3) is 0. The van der Waals surface area contributed by atoms with Crippen LogP contribution in [0.15, 0.2) is 27.7 Å². The molecule has 0 radical (unpaired) electrons. The molecule has 5 heteroatoms. The van der Waals surface area contributed by atoms with Crippen molar-refractivity contribution in [1.29, 1.82) is 0 Å². The minimum absolute atomic E-state index is 0.117. The van der Waals surface area contributed by atoms with Gasteiger partial charge in [-0.3, -0.25) is 0 Å².